The van der Waals surface area contributed by atoms with Crippen LogP contribution in [0.4, 0.5) is 0 Å². The van der Waals surface area contributed by atoms with Gasteiger partial charge in [-0.25, -0.2) is 4.79 Å². The first kappa shape index (κ1) is 12.7. The summed E-state index contributed by atoms with van der Waals surface area (Å²) >= 11 is 1.41. The highest BCUT2D eigenvalue weighted by atomic mass is 32.1. The van der Waals surface area contributed by atoms with Gasteiger partial charge in [-0.3, -0.25) is 4.79 Å². The lowest BCUT2D eigenvalue weighted by Gasteiger charge is -2.25. The summed E-state index contributed by atoms with van der Waals surface area (Å²) < 4.78 is 0. The highest BCUT2D eigenvalue weighted by Gasteiger charge is 2.33. The van der Waals surface area contributed by atoms with Crippen LogP contribution in [0, 0.1) is 0 Å². The summed E-state index contributed by atoms with van der Waals surface area (Å²) in [7, 11) is 0. The SMILES string of the molecule is CCCC(C)(NC(=O)c1ccsc1)C(=O)O. The average Bonchev–Trinajstić information content (AvgIpc) is 2.70. The zero-order valence-electron chi connectivity index (χ0n) is 9.32. The fourth-order valence-electron chi connectivity index (χ4n) is 1.44. The molecule has 2 N–H and O–H groups in total. The van der Waals surface area contributed by atoms with E-state index in [-0.39, 0.29) is 5.91 Å². The van der Waals surface area contributed by atoms with Crippen molar-refractivity contribution in [3.63, 3.8) is 0 Å². The van der Waals surface area contributed by atoms with E-state index in [2.05, 4.69) is 5.32 Å². The molecule has 0 spiro atoms. The molecular formula is C11H15NO3S. The number of carbonyl (C=O) groups is 2. The van der Waals surface area contributed by atoms with Crippen LogP contribution < -0.4 is 5.32 Å². The van der Waals surface area contributed by atoms with Crippen LogP contribution in [0.5, 0.6) is 0 Å². The van der Waals surface area contributed by atoms with Gasteiger partial charge in [0, 0.05) is 5.38 Å². The third-order valence-electron chi connectivity index (χ3n) is 2.39. The molecule has 1 unspecified atom stereocenters. The summed E-state index contributed by atoms with van der Waals surface area (Å²) in [5.41, 5.74) is -0.679. The molecule has 1 heterocycles. The van der Waals surface area contributed by atoms with E-state index >= 15 is 0 Å². The Morgan fingerprint density at radius 3 is 2.69 bits per heavy atom. The molecule has 16 heavy (non-hydrogen) atoms. The molecule has 0 aliphatic carbocycles. The Kier molecular flexibility index (Phi) is 4.06. The Morgan fingerprint density at radius 2 is 2.25 bits per heavy atom. The van der Waals surface area contributed by atoms with Gasteiger partial charge in [0.1, 0.15) is 5.54 Å². The summed E-state index contributed by atoms with van der Waals surface area (Å²) in [6.45, 7) is 3.42. The van der Waals surface area contributed by atoms with Crippen molar-refractivity contribution in [2.75, 3.05) is 0 Å². The van der Waals surface area contributed by atoms with Crippen LogP contribution >= 0.6 is 11.3 Å². The molecule has 1 aromatic rings. The molecule has 0 fully saturated rings. The molecule has 4 nitrogen and oxygen atoms in total. The monoisotopic (exact) mass is 241 g/mol. The van der Waals surface area contributed by atoms with Crippen molar-refractivity contribution in [1.82, 2.24) is 5.32 Å². The van der Waals surface area contributed by atoms with E-state index in [1.165, 1.54) is 18.3 Å². The molecule has 1 atom stereocenters. The number of hydrogen-bond donors (Lipinski definition) is 2. The molecule has 1 aromatic heterocycles. The van der Waals surface area contributed by atoms with Gasteiger partial charge >= 0.3 is 5.97 Å². The highest BCUT2D eigenvalue weighted by molar-refractivity contribution is 7.08. The molecular weight excluding hydrogens is 226 g/mol. The second-order valence-corrected chi connectivity index (χ2v) is 4.63. The van der Waals surface area contributed by atoms with E-state index in [0.717, 1.165) is 0 Å². The van der Waals surface area contributed by atoms with Gasteiger partial charge in [0.05, 0.1) is 5.56 Å². The second-order valence-electron chi connectivity index (χ2n) is 3.85. The molecule has 0 bridgehead atoms. The molecule has 0 radical (unpaired) electrons. The number of hydrogen-bond acceptors (Lipinski definition) is 3. The van der Waals surface area contributed by atoms with E-state index < -0.39 is 11.5 Å². The lowest BCUT2D eigenvalue weighted by Crippen LogP contribution is -2.52. The van der Waals surface area contributed by atoms with Crippen LogP contribution in [0.25, 0.3) is 0 Å². The summed E-state index contributed by atoms with van der Waals surface area (Å²) in [5, 5.41) is 15.1. The first-order valence-electron chi connectivity index (χ1n) is 5.07. The smallest absolute Gasteiger partial charge is 0.329 e. The van der Waals surface area contributed by atoms with E-state index in [4.69, 9.17) is 5.11 Å². The number of amides is 1. The number of nitrogens with one attached hydrogen (secondary N) is 1. The van der Waals surface area contributed by atoms with Crippen LogP contribution in [-0.2, 0) is 4.79 Å². The Labute approximate surface area is 98.3 Å². The topological polar surface area (TPSA) is 66.4 Å². The van der Waals surface area contributed by atoms with Crippen molar-refractivity contribution in [2.45, 2.75) is 32.2 Å². The van der Waals surface area contributed by atoms with Crippen molar-refractivity contribution < 1.29 is 14.7 Å². The highest BCUT2D eigenvalue weighted by Crippen LogP contribution is 2.15. The average molecular weight is 241 g/mol. The predicted molar refractivity (Wildman–Crippen MR) is 62.7 cm³/mol. The predicted octanol–water partition coefficient (Wildman–Crippen LogP) is 2.12. The molecule has 1 amide bonds. The Hall–Kier alpha value is -1.36. The Morgan fingerprint density at radius 1 is 1.56 bits per heavy atom. The third-order valence-corrected chi connectivity index (χ3v) is 3.08. The lowest BCUT2D eigenvalue weighted by molar-refractivity contribution is -0.144. The second kappa shape index (κ2) is 5.12. The van der Waals surface area contributed by atoms with Gasteiger partial charge in [-0.15, -0.1) is 0 Å². The third kappa shape index (κ3) is 2.82. The van der Waals surface area contributed by atoms with E-state index in [1.807, 2.05) is 6.92 Å². The minimum Gasteiger partial charge on any atom is -0.480 e. The van der Waals surface area contributed by atoms with E-state index in [1.54, 1.807) is 16.8 Å². The summed E-state index contributed by atoms with van der Waals surface area (Å²) in [6.07, 6.45) is 1.12. The van der Waals surface area contributed by atoms with Crippen molar-refractivity contribution in [2.24, 2.45) is 0 Å². The maximum atomic E-state index is 11.7. The van der Waals surface area contributed by atoms with Crippen LogP contribution in [0.15, 0.2) is 16.8 Å². The minimum atomic E-state index is -1.19. The molecule has 88 valence electrons. The molecule has 5 heteroatoms. The standard InChI is InChI=1S/C11H15NO3S/c1-3-5-11(2,10(14)15)12-9(13)8-4-6-16-7-8/h4,6-7H,3,5H2,1-2H3,(H,12,13)(H,14,15). The van der Waals surface area contributed by atoms with Crippen LogP contribution in [0.2, 0.25) is 0 Å². The molecule has 1 rings (SSSR count). The number of rotatable bonds is 5. The normalized spacial score (nSPS) is 14.1. The van der Waals surface area contributed by atoms with Crippen LogP contribution in [-0.4, -0.2) is 22.5 Å². The van der Waals surface area contributed by atoms with Gasteiger partial charge in [0.2, 0.25) is 0 Å². The fraction of sp³-hybridized carbons (Fsp3) is 0.455. The molecule has 0 aliphatic rings. The number of thiophene rings is 1. The number of aliphatic carboxylic acids is 1. The number of carbonyl (C=O) groups excluding carboxylic acids is 1. The molecule has 0 saturated carbocycles. The molecule has 0 aromatic carbocycles. The lowest BCUT2D eigenvalue weighted by atomic mass is 9.96. The fourth-order valence-corrected chi connectivity index (χ4v) is 2.08. The Bertz CT molecular complexity index is 375. The van der Waals surface area contributed by atoms with Gasteiger partial charge in [-0.1, -0.05) is 13.3 Å². The van der Waals surface area contributed by atoms with Crippen LogP contribution in [0.3, 0.4) is 0 Å². The van der Waals surface area contributed by atoms with E-state index in [9.17, 15) is 9.59 Å². The van der Waals surface area contributed by atoms with E-state index in [0.29, 0.717) is 18.4 Å². The van der Waals surface area contributed by atoms with Gasteiger partial charge in [0.25, 0.3) is 5.91 Å². The largest absolute Gasteiger partial charge is 0.480 e. The molecule has 0 aliphatic heterocycles. The summed E-state index contributed by atoms with van der Waals surface area (Å²) in [5.74, 6) is -1.34. The summed E-state index contributed by atoms with van der Waals surface area (Å²) in [4.78, 5) is 22.8. The minimum absolute atomic E-state index is 0.334. The van der Waals surface area contributed by atoms with Gasteiger partial charge < -0.3 is 10.4 Å². The van der Waals surface area contributed by atoms with Gasteiger partial charge in [0.15, 0.2) is 0 Å². The number of carboxylic acid groups (broad SMARTS) is 1. The summed E-state index contributed by atoms with van der Waals surface area (Å²) in [6, 6.07) is 1.67. The Balaban J connectivity index is 2.77. The van der Waals surface area contributed by atoms with Crippen molar-refractivity contribution in [3.8, 4) is 0 Å². The first-order chi connectivity index (χ1) is 7.49. The van der Waals surface area contributed by atoms with Crippen molar-refractivity contribution in [1.29, 1.82) is 0 Å². The van der Waals surface area contributed by atoms with Crippen molar-refractivity contribution >= 4 is 23.2 Å². The molecule has 0 saturated heterocycles. The zero-order chi connectivity index (χ0) is 12.2. The maximum absolute atomic E-state index is 11.7. The van der Waals surface area contributed by atoms with Gasteiger partial charge in [-0.2, -0.15) is 11.3 Å². The van der Waals surface area contributed by atoms with Crippen molar-refractivity contribution in [3.05, 3.63) is 22.4 Å². The zero-order valence-corrected chi connectivity index (χ0v) is 10.1. The quantitative estimate of drug-likeness (QED) is 0.829. The van der Waals surface area contributed by atoms with Crippen LogP contribution in [0.1, 0.15) is 37.0 Å². The van der Waals surface area contributed by atoms with Gasteiger partial charge in [-0.05, 0) is 24.8 Å². The number of carboxylic acids is 1. The first-order valence-corrected chi connectivity index (χ1v) is 6.02. The maximum Gasteiger partial charge on any atom is 0.329 e.